The van der Waals surface area contributed by atoms with Gasteiger partial charge in [-0.25, -0.2) is 9.88 Å². The van der Waals surface area contributed by atoms with Crippen LogP contribution in [0.3, 0.4) is 0 Å². The Kier molecular flexibility index (Phi) is 8.75. The fourth-order valence-corrected chi connectivity index (χ4v) is 4.87. The number of rotatable bonds is 12. The van der Waals surface area contributed by atoms with Gasteiger partial charge in [0.15, 0.2) is 0 Å². The molecule has 0 aliphatic carbocycles. The van der Waals surface area contributed by atoms with Gasteiger partial charge in [-0.15, -0.1) is 6.58 Å². The molecule has 0 radical (unpaired) electrons. The highest BCUT2D eigenvalue weighted by atomic mass is 31.2. The summed E-state index contributed by atoms with van der Waals surface area (Å²) < 4.78 is 24.9. The van der Waals surface area contributed by atoms with Gasteiger partial charge in [0.1, 0.15) is 11.8 Å². The SMILES string of the molecule is C=C[C@H](NP(=O)(CCCC)Oc1cccc2ccccc12)C(=O)OCCCC. The standard InChI is InChI=1S/C22H30NO4P/c1-4-7-16-26-22(24)20(6-3)23-28(25,17-8-5-2)27-21-15-11-13-18-12-9-10-14-19(18)21/h6,9-15,20H,3-5,7-8,16-17H2,1-2H3,(H,23,25)/t20-,28?/m0/s1. The Balaban J connectivity index is 2.23. The Morgan fingerprint density at radius 1 is 1.14 bits per heavy atom. The van der Waals surface area contributed by atoms with Crippen LogP contribution in [0.1, 0.15) is 39.5 Å². The summed E-state index contributed by atoms with van der Waals surface area (Å²) in [5.41, 5.74) is 0. The highest BCUT2D eigenvalue weighted by Crippen LogP contribution is 2.46. The summed E-state index contributed by atoms with van der Waals surface area (Å²) in [4.78, 5) is 12.3. The average molecular weight is 403 g/mol. The maximum atomic E-state index is 13.6. The van der Waals surface area contributed by atoms with E-state index in [9.17, 15) is 9.36 Å². The molecule has 0 amide bonds. The Bertz CT molecular complexity index is 831. The van der Waals surface area contributed by atoms with Crippen molar-refractivity contribution in [3.63, 3.8) is 0 Å². The zero-order chi connectivity index (χ0) is 20.4. The van der Waals surface area contributed by atoms with Crippen LogP contribution in [0.2, 0.25) is 0 Å². The summed E-state index contributed by atoms with van der Waals surface area (Å²) in [5.74, 6) is 0.0499. The number of hydrogen-bond donors (Lipinski definition) is 1. The number of hydrogen-bond acceptors (Lipinski definition) is 4. The first-order valence-corrected chi connectivity index (χ1v) is 11.7. The zero-order valence-electron chi connectivity index (χ0n) is 16.7. The third-order valence-electron chi connectivity index (χ3n) is 4.37. The van der Waals surface area contributed by atoms with Gasteiger partial charge in [-0.05, 0) is 24.3 Å². The summed E-state index contributed by atoms with van der Waals surface area (Å²) in [6.45, 7) is 8.07. The van der Waals surface area contributed by atoms with E-state index in [1.807, 2.05) is 50.2 Å². The van der Waals surface area contributed by atoms with Gasteiger partial charge in [0.05, 0.1) is 6.61 Å². The van der Waals surface area contributed by atoms with Gasteiger partial charge in [0.2, 0.25) is 0 Å². The first kappa shape index (κ1) is 22.2. The summed E-state index contributed by atoms with van der Waals surface area (Å²) in [7, 11) is -3.35. The van der Waals surface area contributed by atoms with Gasteiger partial charge < -0.3 is 9.26 Å². The van der Waals surface area contributed by atoms with Gasteiger partial charge in [-0.3, -0.25) is 4.57 Å². The summed E-state index contributed by atoms with van der Waals surface area (Å²) in [6, 6.07) is 12.5. The molecule has 28 heavy (non-hydrogen) atoms. The Morgan fingerprint density at radius 3 is 2.57 bits per heavy atom. The van der Waals surface area contributed by atoms with Crippen LogP contribution in [0, 0.1) is 0 Å². The van der Waals surface area contributed by atoms with Crippen molar-refractivity contribution in [1.29, 1.82) is 0 Å². The van der Waals surface area contributed by atoms with Crippen LogP contribution in [0.4, 0.5) is 0 Å². The smallest absolute Gasteiger partial charge is 0.327 e. The molecule has 2 atom stereocenters. The predicted octanol–water partition coefficient (Wildman–Crippen LogP) is 5.70. The number of fused-ring (bicyclic) bond motifs is 1. The molecule has 0 saturated carbocycles. The van der Waals surface area contributed by atoms with E-state index < -0.39 is 19.5 Å². The molecular formula is C22H30NO4P. The van der Waals surface area contributed by atoms with Crippen molar-refractivity contribution in [2.45, 2.75) is 45.6 Å². The first-order valence-electron chi connectivity index (χ1n) is 9.86. The number of nitrogens with one attached hydrogen (secondary N) is 1. The molecule has 0 fully saturated rings. The van der Waals surface area contributed by atoms with Gasteiger partial charge in [-0.2, -0.15) is 0 Å². The van der Waals surface area contributed by atoms with E-state index in [-0.39, 0.29) is 0 Å². The molecule has 0 saturated heterocycles. The molecule has 0 bridgehead atoms. The lowest BCUT2D eigenvalue weighted by Gasteiger charge is -2.24. The lowest BCUT2D eigenvalue weighted by atomic mass is 10.1. The molecule has 152 valence electrons. The topological polar surface area (TPSA) is 64.6 Å². The van der Waals surface area contributed by atoms with Gasteiger partial charge in [-0.1, -0.05) is 69.2 Å². The van der Waals surface area contributed by atoms with Crippen LogP contribution in [0.25, 0.3) is 10.8 Å². The van der Waals surface area contributed by atoms with E-state index in [2.05, 4.69) is 11.7 Å². The maximum absolute atomic E-state index is 13.6. The van der Waals surface area contributed by atoms with Crippen LogP contribution in [-0.2, 0) is 14.1 Å². The molecular weight excluding hydrogens is 373 g/mol. The quantitative estimate of drug-likeness (QED) is 0.213. The molecule has 6 heteroatoms. The van der Waals surface area contributed by atoms with Crippen molar-refractivity contribution in [2.75, 3.05) is 12.8 Å². The minimum atomic E-state index is -3.35. The van der Waals surface area contributed by atoms with Gasteiger partial charge in [0, 0.05) is 11.5 Å². The predicted molar refractivity (Wildman–Crippen MR) is 115 cm³/mol. The van der Waals surface area contributed by atoms with Crippen molar-refractivity contribution in [3.8, 4) is 5.75 Å². The first-order chi connectivity index (χ1) is 13.5. The molecule has 1 N–H and O–H groups in total. The van der Waals surface area contributed by atoms with E-state index >= 15 is 0 Å². The minimum absolute atomic E-state index is 0.319. The van der Waals surface area contributed by atoms with Crippen molar-refractivity contribution in [1.82, 2.24) is 5.09 Å². The molecule has 2 aromatic rings. The second-order valence-corrected chi connectivity index (χ2v) is 8.92. The molecule has 5 nitrogen and oxygen atoms in total. The van der Waals surface area contributed by atoms with E-state index in [1.165, 1.54) is 6.08 Å². The Morgan fingerprint density at radius 2 is 1.86 bits per heavy atom. The number of benzene rings is 2. The number of carbonyl (C=O) groups is 1. The van der Waals surface area contributed by atoms with Crippen molar-refractivity contribution < 1.29 is 18.6 Å². The summed E-state index contributed by atoms with van der Waals surface area (Å²) >= 11 is 0. The van der Waals surface area contributed by atoms with Crippen molar-refractivity contribution in [3.05, 3.63) is 55.1 Å². The second kappa shape index (κ2) is 11.0. The molecule has 0 heterocycles. The summed E-state index contributed by atoms with van der Waals surface area (Å²) in [5, 5.41) is 4.78. The zero-order valence-corrected chi connectivity index (χ0v) is 17.6. The third-order valence-corrected chi connectivity index (χ3v) is 6.44. The highest BCUT2D eigenvalue weighted by molar-refractivity contribution is 7.57. The van der Waals surface area contributed by atoms with Crippen LogP contribution in [0.5, 0.6) is 5.75 Å². The Labute approximate surface area is 167 Å². The molecule has 0 aromatic heterocycles. The molecule has 0 aliphatic rings. The fraction of sp³-hybridized carbons (Fsp3) is 0.409. The minimum Gasteiger partial charge on any atom is -0.464 e. The highest BCUT2D eigenvalue weighted by Gasteiger charge is 2.31. The van der Waals surface area contributed by atoms with E-state index in [4.69, 9.17) is 9.26 Å². The van der Waals surface area contributed by atoms with Crippen molar-refractivity contribution >= 4 is 24.3 Å². The number of carbonyl (C=O) groups excluding carboxylic acids is 1. The molecule has 0 aliphatic heterocycles. The number of unbranched alkanes of at least 4 members (excludes halogenated alkanes) is 2. The van der Waals surface area contributed by atoms with Crippen LogP contribution >= 0.6 is 7.52 Å². The van der Waals surface area contributed by atoms with Gasteiger partial charge in [0.25, 0.3) is 0 Å². The molecule has 2 rings (SSSR count). The molecule has 1 unspecified atom stereocenters. The number of ether oxygens (including phenoxy) is 1. The van der Waals surface area contributed by atoms with Crippen molar-refractivity contribution in [2.24, 2.45) is 0 Å². The van der Waals surface area contributed by atoms with Gasteiger partial charge >= 0.3 is 13.5 Å². The van der Waals surface area contributed by atoms with Crippen LogP contribution < -0.4 is 9.61 Å². The average Bonchev–Trinajstić information content (AvgIpc) is 2.71. The van der Waals surface area contributed by atoms with Crippen LogP contribution in [0.15, 0.2) is 55.1 Å². The Hall–Kier alpha value is -2.10. The normalized spacial score (nSPS) is 14.2. The maximum Gasteiger partial charge on any atom is 0.327 e. The fourth-order valence-electron chi connectivity index (χ4n) is 2.76. The van der Waals surface area contributed by atoms with Crippen LogP contribution in [-0.4, -0.2) is 24.8 Å². The van der Waals surface area contributed by atoms with E-state index in [0.717, 1.165) is 30.0 Å². The monoisotopic (exact) mass is 403 g/mol. The summed E-state index contributed by atoms with van der Waals surface area (Å²) in [6.07, 6.45) is 5.03. The molecule has 0 spiro atoms. The van der Waals surface area contributed by atoms with E-state index in [0.29, 0.717) is 24.9 Å². The third kappa shape index (κ3) is 6.22. The second-order valence-electron chi connectivity index (χ2n) is 6.68. The molecule has 2 aromatic carbocycles. The van der Waals surface area contributed by atoms with E-state index in [1.54, 1.807) is 6.07 Å². The largest absolute Gasteiger partial charge is 0.464 e. The lowest BCUT2D eigenvalue weighted by molar-refractivity contribution is -0.144. The lowest BCUT2D eigenvalue weighted by Crippen LogP contribution is -2.36. The number of esters is 1.